The highest BCUT2D eigenvalue weighted by Gasteiger charge is 2.08. The molecule has 3 heteroatoms. The smallest absolute Gasteiger partial charge is 0.128 e. The van der Waals surface area contributed by atoms with Gasteiger partial charge in [-0.25, -0.2) is 0 Å². The molecule has 0 atom stereocenters. The second-order valence-corrected chi connectivity index (χ2v) is 3.88. The Morgan fingerprint density at radius 3 is 3.00 bits per heavy atom. The van der Waals surface area contributed by atoms with Crippen LogP contribution in [0.3, 0.4) is 0 Å². The Hall–Kier alpha value is -1.48. The summed E-state index contributed by atoms with van der Waals surface area (Å²) in [5, 5.41) is 1.18. The molecule has 0 aliphatic heterocycles. The third-order valence-electron chi connectivity index (χ3n) is 2.62. The minimum Gasteiger partial charge on any atom is -0.493 e. The lowest BCUT2D eigenvalue weighted by Crippen LogP contribution is -2.02. The van der Waals surface area contributed by atoms with Crippen LogP contribution in [0.25, 0.3) is 10.9 Å². The van der Waals surface area contributed by atoms with E-state index in [0.29, 0.717) is 6.54 Å². The predicted molar refractivity (Wildman–Crippen MR) is 66.8 cm³/mol. The molecule has 2 aromatic rings. The SMILES string of the molecule is CCCOc1cccc2[nH]cc(CCN)c12. The molecule has 16 heavy (non-hydrogen) atoms. The van der Waals surface area contributed by atoms with E-state index < -0.39 is 0 Å². The zero-order chi connectivity index (χ0) is 11.4. The van der Waals surface area contributed by atoms with Gasteiger partial charge in [0.05, 0.1) is 6.61 Å². The summed E-state index contributed by atoms with van der Waals surface area (Å²) in [5.74, 6) is 0.962. The molecular weight excluding hydrogens is 200 g/mol. The zero-order valence-electron chi connectivity index (χ0n) is 9.62. The normalized spacial score (nSPS) is 10.9. The third-order valence-corrected chi connectivity index (χ3v) is 2.62. The lowest BCUT2D eigenvalue weighted by Gasteiger charge is -2.07. The number of ether oxygens (including phenoxy) is 1. The van der Waals surface area contributed by atoms with Crippen LogP contribution in [0.4, 0.5) is 0 Å². The summed E-state index contributed by atoms with van der Waals surface area (Å²) in [6, 6.07) is 6.09. The number of hydrogen-bond acceptors (Lipinski definition) is 2. The van der Waals surface area contributed by atoms with Crippen molar-refractivity contribution in [1.29, 1.82) is 0 Å². The van der Waals surface area contributed by atoms with Crippen LogP contribution in [-0.2, 0) is 6.42 Å². The Labute approximate surface area is 95.6 Å². The molecule has 0 aliphatic carbocycles. The molecule has 0 spiro atoms. The Kier molecular flexibility index (Phi) is 3.47. The first-order valence-corrected chi connectivity index (χ1v) is 5.78. The Balaban J connectivity index is 2.41. The number of aromatic amines is 1. The van der Waals surface area contributed by atoms with Crippen molar-refractivity contribution in [2.75, 3.05) is 13.2 Å². The van der Waals surface area contributed by atoms with Gasteiger partial charge in [-0.3, -0.25) is 0 Å². The van der Waals surface area contributed by atoms with Crippen LogP contribution in [0.15, 0.2) is 24.4 Å². The van der Waals surface area contributed by atoms with Gasteiger partial charge in [-0.2, -0.15) is 0 Å². The summed E-state index contributed by atoms with van der Waals surface area (Å²) in [7, 11) is 0. The van der Waals surface area contributed by atoms with Crippen LogP contribution < -0.4 is 10.5 Å². The molecular formula is C13H18N2O. The molecule has 86 valence electrons. The van der Waals surface area contributed by atoms with Crippen LogP contribution in [0, 0.1) is 0 Å². The first kappa shape index (κ1) is 11.0. The fourth-order valence-corrected chi connectivity index (χ4v) is 1.90. The van der Waals surface area contributed by atoms with Gasteiger partial charge in [0, 0.05) is 17.1 Å². The standard InChI is InChI=1S/C13H18N2O/c1-2-8-16-12-5-3-4-11-13(12)10(6-7-14)9-15-11/h3-5,9,15H,2,6-8,14H2,1H3. The number of fused-ring (bicyclic) bond motifs is 1. The first-order valence-electron chi connectivity index (χ1n) is 5.78. The van der Waals surface area contributed by atoms with Crippen LogP contribution in [-0.4, -0.2) is 18.1 Å². The molecule has 0 aliphatic rings. The quantitative estimate of drug-likeness (QED) is 0.810. The van der Waals surface area contributed by atoms with E-state index in [9.17, 15) is 0 Å². The molecule has 1 aromatic carbocycles. The second kappa shape index (κ2) is 5.03. The van der Waals surface area contributed by atoms with E-state index in [1.54, 1.807) is 0 Å². The number of H-pyrrole nitrogens is 1. The van der Waals surface area contributed by atoms with Crippen molar-refractivity contribution in [2.24, 2.45) is 5.73 Å². The van der Waals surface area contributed by atoms with Gasteiger partial charge in [0.15, 0.2) is 0 Å². The fourth-order valence-electron chi connectivity index (χ4n) is 1.90. The van der Waals surface area contributed by atoms with E-state index in [0.717, 1.165) is 30.7 Å². The van der Waals surface area contributed by atoms with Crippen molar-refractivity contribution in [2.45, 2.75) is 19.8 Å². The van der Waals surface area contributed by atoms with Crippen LogP contribution >= 0.6 is 0 Å². The predicted octanol–water partition coefficient (Wildman–Crippen LogP) is 2.46. The maximum Gasteiger partial charge on any atom is 0.128 e. The van der Waals surface area contributed by atoms with Crippen LogP contribution in [0.2, 0.25) is 0 Å². The molecule has 0 unspecified atom stereocenters. The van der Waals surface area contributed by atoms with E-state index in [-0.39, 0.29) is 0 Å². The zero-order valence-corrected chi connectivity index (χ0v) is 9.62. The first-order chi connectivity index (χ1) is 7.86. The molecule has 1 heterocycles. The van der Waals surface area contributed by atoms with Crippen molar-refractivity contribution in [3.8, 4) is 5.75 Å². The van der Waals surface area contributed by atoms with E-state index in [1.807, 2.05) is 18.3 Å². The number of rotatable bonds is 5. The van der Waals surface area contributed by atoms with Gasteiger partial charge >= 0.3 is 0 Å². The maximum absolute atomic E-state index is 5.75. The molecule has 0 saturated heterocycles. The molecule has 0 saturated carbocycles. The van der Waals surface area contributed by atoms with Gasteiger partial charge < -0.3 is 15.5 Å². The number of aromatic nitrogens is 1. The van der Waals surface area contributed by atoms with Gasteiger partial charge in [-0.1, -0.05) is 13.0 Å². The second-order valence-electron chi connectivity index (χ2n) is 3.88. The summed E-state index contributed by atoms with van der Waals surface area (Å²) in [4.78, 5) is 3.25. The van der Waals surface area contributed by atoms with E-state index >= 15 is 0 Å². The van der Waals surface area contributed by atoms with E-state index in [4.69, 9.17) is 10.5 Å². The number of benzene rings is 1. The van der Waals surface area contributed by atoms with Crippen molar-refractivity contribution in [3.63, 3.8) is 0 Å². The Morgan fingerprint density at radius 2 is 2.25 bits per heavy atom. The Morgan fingerprint density at radius 1 is 1.38 bits per heavy atom. The molecule has 0 bridgehead atoms. The average Bonchev–Trinajstić information content (AvgIpc) is 2.71. The molecule has 0 fully saturated rings. The largest absolute Gasteiger partial charge is 0.493 e. The maximum atomic E-state index is 5.75. The fraction of sp³-hybridized carbons (Fsp3) is 0.385. The summed E-state index contributed by atoms with van der Waals surface area (Å²) < 4.78 is 5.75. The third kappa shape index (κ3) is 2.04. The van der Waals surface area contributed by atoms with Gasteiger partial charge in [-0.05, 0) is 37.1 Å². The van der Waals surface area contributed by atoms with Crippen molar-refractivity contribution >= 4 is 10.9 Å². The van der Waals surface area contributed by atoms with E-state index in [2.05, 4.69) is 18.0 Å². The van der Waals surface area contributed by atoms with Gasteiger partial charge in [0.2, 0.25) is 0 Å². The topological polar surface area (TPSA) is 51.0 Å². The van der Waals surface area contributed by atoms with Gasteiger partial charge in [0.1, 0.15) is 5.75 Å². The molecule has 0 radical (unpaired) electrons. The Bertz CT molecular complexity index is 462. The summed E-state index contributed by atoms with van der Waals surface area (Å²) in [6.07, 6.45) is 3.93. The number of nitrogens with one attached hydrogen (secondary N) is 1. The van der Waals surface area contributed by atoms with Gasteiger partial charge in [-0.15, -0.1) is 0 Å². The average molecular weight is 218 g/mol. The van der Waals surface area contributed by atoms with Crippen molar-refractivity contribution in [3.05, 3.63) is 30.0 Å². The molecule has 3 N–H and O–H groups in total. The monoisotopic (exact) mass is 218 g/mol. The van der Waals surface area contributed by atoms with Crippen molar-refractivity contribution < 1.29 is 4.74 Å². The van der Waals surface area contributed by atoms with Crippen LogP contribution in [0.1, 0.15) is 18.9 Å². The highest BCUT2D eigenvalue weighted by molar-refractivity contribution is 5.89. The molecule has 0 amide bonds. The lowest BCUT2D eigenvalue weighted by molar-refractivity contribution is 0.321. The number of hydrogen-bond donors (Lipinski definition) is 2. The highest BCUT2D eigenvalue weighted by atomic mass is 16.5. The number of nitrogens with two attached hydrogens (primary N) is 1. The lowest BCUT2D eigenvalue weighted by atomic mass is 10.1. The summed E-state index contributed by atoms with van der Waals surface area (Å²) in [5.41, 5.74) is 7.97. The van der Waals surface area contributed by atoms with Crippen LogP contribution in [0.5, 0.6) is 5.75 Å². The summed E-state index contributed by atoms with van der Waals surface area (Å²) >= 11 is 0. The minimum absolute atomic E-state index is 0.662. The van der Waals surface area contributed by atoms with Crippen molar-refractivity contribution in [1.82, 2.24) is 4.98 Å². The molecule has 2 rings (SSSR count). The molecule has 3 nitrogen and oxygen atoms in total. The molecule has 1 aromatic heterocycles. The van der Waals surface area contributed by atoms with Gasteiger partial charge in [0.25, 0.3) is 0 Å². The summed E-state index contributed by atoms with van der Waals surface area (Å²) in [6.45, 7) is 3.53. The van der Waals surface area contributed by atoms with E-state index in [1.165, 1.54) is 10.9 Å². The minimum atomic E-state index is 0.662. The highest BCUT2D eigenvalue weighted by Crippen LogP contribution is 2.29.